The van der Waals surface area contributed by atoms with Gasteiger partial charge in [-0.2, -0.15) is 0 Å². The van der Waals surface area contributed by atoms with Crippen molar-refractivity contribution < 1.29 is 0 Å². The van der Waals surface area contributed by atoms with E-state index in [0.29, 0.717) is 0 Å². The average molecular weight is 303 g/mol. The van der Waals surface area contributed by atoms with E-state index in [0.717, 1.165) is 5.69 Å². The van der Waals surface area contributed by atoms with Gasteiger partial charge in [0.2, 0.25) is 0 Å². The molecule has 116 valence electrons. The number of hydrogen-bond donors (Lipinski definition) is 1. The first kappa shape index (κ1) is 15.4. The summed E-state index contributed by atoms with van der Waals surface area (Å²) in [6.45, 7) is 4.28. The van der Waals surface area contributed by atoms with Crippen LogP contribution in [0.25, 0.3) is 11.1 Å². The normalized spacial score (nSPS) is 13.5. The summed E-state index contributed by atoms with van der Waals surface area (Å²) in [6, 6.07) is 19.6. The van der Waals surface area contributed by atoms with Gasteiger partial charge in [0.05, 0.1) is 5.69 Å². The van der Waals surface area contributed by atoms with Gasteiger partial charge in [0.15, 0.2) is 0 Å². The minimum Gasteiger partial charge on any atom is -0.302 e. The molecule has 1 N–H and O–H groups in total. The molecule has 1 aromatic heterocycles. The third-order valence-corrected chi connectivity index (χ3v) is 4.04. The summed E-state index contributed by atoms with van der Waals surface area (Å²) in [5.41, 5.74) is 4.71. The molecule has 0 spiro atoms. The van der Waals surface area contributed by atoms with Gasteiger partial charge in [0.25, 0.3) is 0 Å². The molecule has 23 heavy (non-hydrogen) atoms. The molecule has 0 aliphatic carbocycles. The zero-order valence-corrected chi connectivity index (χ0v) is 13.5. The Morgan fingerprint density at radius 1 is 0.783 bits per heavy atom. The molecule has 0 amide bonds. The Kier molecular flexibility index (Phi) is 4.79. The van der Waals surface area contributed by atoms with Crippen molar-refractivity contribution in [3.8, 4) is 11.1 Å². The molecule has 2 atom stereocenters. The van der Waals surface area contributed by atoms with Crippen LogP contribution in [0.4, 0.5) is 0 Å². The van der Waals surface area contributed by atoms with E-state index in [9.17, 15) is 0 Å². The number of hydrogen-bond acceptors (Lipinski definition) is 3. The van der Waals surface area contributed by atoms with Crippen molar-refractivity contribution in [1.82, 2.24) is 15.3 Å². The van der Waals surface area contributed by atoms with Crippen molar-refractivity contribution in [3.05, 3.63) is 84.4 Å². The monoisotopic (exact) mass is 303 g/mol. The molecule has 0 saturated heterocycles. The number of nitrogens with one attached hydrogen (secondary N) is 1. The molecule has 0 aliphatic heterocycles. The predicted molar refractivity (Wildman–Crippen MR) is 93.9 cm³/mol. The van der Waals surface area contributed by atoms with Crippen molar-refractivity contribution in [2.45, 2.75) is 25.9 Å². The lowest BCUT2D eigenvalue weighted by Crippen LogP contribution is -2.23. The Bertz CT molecular complexity index is 724. The fourth-order valence-corrected chi connectivity index (χ4v) is 2.69. The minimum atomic E-state index is 0.160. The van der Waals surface area contributed by atoms with Crippen molar-refractivity contribution in [2.75, 3.05) is 0 Å². The van der Waals surface area contributed by atoms with E-state index in [1.807, 2.05) is 12.3 Å². The highest BCUT2D eigenvalue weighted by atomic mass is 15.0. The molecule has 0 bridgehead atoms. The molecule has 0 fully saturated rings. The third-order valence-electron chi connectivity index (χ3n) is 4.04. The SMILES string of the molecule is C[C@H](N[C@H](C)c1cnccn1)c1ccc(-c2ccccc2)cc1. The maximum atomic E-state index is 4.35. The lowest BCUT2D eigenvalue weighted by molar-refractivity contribution is 0.485. The van der Waals surface area contributed by atoms with Crippen LogP contribution in [0, 0.1) is 0 Å². The van der Waals surface area contributed by atoms with Crippen LogP contribution in [-0.2, 0) is 0 Å². The van der Waals surface area contributed by atoms with Crippen LogP contribution in [0.2, 0.25) is 0 Å². The molecular weight excluding hydrogens is 282 g/mol. The van der Waals surface area contributed by atoms with Crippen molar-refractivity contribution in [1.29, 1.82) is 0 Å². The van der Waals surface area contributed by atoms with Gasteiger partial charge in [-0.3, -0.25) is 9.97 Å². The number of nitrogens with zero attached hydrogens (tertiary/aromatic N) is 2. The van der Waals surface area contributed by atoms with Crippen molar-refractivity contribution in [3.63, 3.8) is 0 Å². The average Bonchev–Trinajstić information content (AvgIpc) is 2.63. The molecule has 0 saturated carbocycles. The van der Waals surface area contributed by atoms with Crippen LogP contribution in [0.1, 0.15) is 37.2 Å². The highest BCUT2D eigenvalue weighted by Crippen LogP contribution is 2.23. The van der Waals surface area contributed by atoms with Gasteiger partial charge < -0.3 is 5.32 Å². The van der Waals surface area contributed by atoms with E-state index in [1.54, 1.807) is 12.4 Å². The van der Waals surface area contributed by atoms with Crippen LogP contribution in [0.3, 0.4) is 0 Å². The highest BCUT2D eigenvalue weighted by Gasteiger charge is 2.12. The third kappa shape index (κ3) is 3.82. The van der Waals surface area contributed by atoms with Gasteiger partial charge >= 0.3 is 0 Å². The Morgan fingerprint density at radius 2 is 1.48 bits per heavy atom. The van der Waals surface area contributed by atoms with Crippen LogP contribution in [0.15, 0.2) is 73.2 Å². The summed E-state index contributed by atoms with van der Waals surface area (Å²) in [7, 11) is 0. The second kappa shape index (κ2) is 7.16. The van der Waals surface area contributed by atoms with Gasteiger partial charge in [0.1, 0.15) is 0 Å². The first-order chi connectivity index (χ1) is 11.2. The lowest BCUT2D eigenvalue weighted by atomic mass is 10.0. The summed E-state index contributed by atoms with van der Waals surface area (Å²) < 4.78 is 0. The second-order valence-electron chi connectivity index (χ2n) is 5.73. The van der Waals surface area contributed by atoms with Crippen LogP contribution >= 0.6 is 0 Å². The Hall–Kier alpha value is -2.52. The van der Waals surface area contributed by atoms with Crippen molar-refractivity contribution in [2.24, 2.45) is 0 Å². The molecule has 0 aliphatic rings. The number of benzene rings is 2. The topological polar surface area (TPSA) is 37.8 Å². The maximum Gasteiger partial charge on any atom is 0.0753 e. The van der Waals surface area contributed by atoms with E-state index < -0.39 is 0 Å². The number of rotatable bonds is 5. The quantitative estimate of drug-likeness (QED) is 0.751. The van der Waals surface area contributed by atoms with E-state index in [1.165, 1.54) is 16.7 Å². The zero-order chi connectivity index (χ0) is 16.1. The first-order valence-corrected chi connectivity index (χ1v) is 7.91. The van der Waals surface area contributed by atoms with Gasteiger partial charge in [-0.1, -0.05) is 54.6 Å². The van der Waals surface area contributed by atoms with Gasteiger partial charge in [0, 0.05) is 30.7 Å². The Balaban J connectivity index is 1.69. The predicted octanol–water partition coefficient (Wildman–Crippen LogP) is 4.56. The molecule has 2 aromatic carbocycles. The fourth-order valence-electron chi connectivity index (χ4n) is 2.69. The van der Waals surface area contributed by atoms with Crippen molar-refractivity contribution >= 4 is 0 Å². The van der Waals surface area contributed by atoms with Gasteiger partial charge in [-0.15, -0.1) is 0 Å². The molecule has 3 nitrogen and oxygen atoms in total. The van der Waals surface area contributed by atoms with Crippen LogP contribution < -0.4 is 5.32 Å². The maximum absolute atomic E-state index is 4.35. The molecule has 0 unspecified atom stereocenters. The summed E-state index contributed by atoms with van der Waals surface area (Å²) in [6.07, 6.45) is 5.23. The number of aromatic nitrogens is 2. The van der Waals surface area contributed by atoms with E-state index >= 15 is 0 Å². The zero-order valence-electron chi connectivity index (χ0n) is 13.5. The lowest BCUT2D eigenvalue weighted by Gasteiger charge is -2.20. The van der Waals surface area contributed by atoms with Gasteiger partial charge in [-0.05, 0) is 30.5 Å². The summed E-state index contributed by atoms with van der Waals surface area (Å²) in [5.74, 6) is 0. The summed E-state index contributed by atoms with van der Waals surface area (Å²) >= 11 is 0. The first-order valence-electron chi connectivity index (χ1n) is 7.91. The van der Waals surface area contributed by atoms with E-state index in [-0.39, 0.29) is 12.1 Å². The fraction of sp³-hybridized carbons (Fsp3) is 0.200. The minimum absolute atomic E-state index is 0.160. The largest absolute Gasteiger partial charge is 0.302 e. The molecule has 0 radical (unpaired) electrons. The van der Waals surface area contributed by atoms with E-state index in [2.05, 4.69) is 77.7 Å². The Labute approximate surface area is 137 Å². The molecule has 3 aromatic rings. The van der Waals surface area contributed by atoms with Crippen LogP contribution in [0.5, 0.6) is 0 Å². The molecule has 3 heteroatoms. The summed E-state index contributed by atoms with van der Waals surface area (Å²) in [4.78, 5) is 8.48. The molecule has 3 rings (SSSR count). The Morgan fingerprint density at radius 3 is 2.13 bits per heavy atom. The van der Waals surface area contributed by atoms with Crippen LogP contribution in [-0.4, -0.2) is 9.97 Å². The second-order valence-corrected chi connectivity index (χ2v) is 5.73. The van der Waals surface area contributed by atoms with Gasteiger partial charge in [-0.25, -0.2) is 0 Å². The standard InChI is InChI=1S/C20H21N3/c1-15(23-16(2)20-14-21-12-13-22-20)17-8-10-19(11-9-17)18-6-4-3-5-7-18/h3-16,23H,1-2H3/t15-,16+/m0/s1. The summed E-state index contributed by atoms with van der Waals surface area (Å²) in [5, 5.41) is 3.57. The molecular formula is C20H21N3. The highest BCUT2D eigenvalue weighted by molar-refractivity contribution is 5.63. The van der Waals surface area contributed by atoms with E-state index in [4.69, 9.17) is 0 Å². The smallest absolute Gasteiger partial charge is 0.0753 e. The molecule has 1 heterocycles.